The van der Waals surface area contributed by atoms with Crippen LogP contribution in [0.1, 0.15) is 46.7 Å². The van der Waals surface area contributed by atoms with Gasteiger partial charge >= 0.3 is 0 Å². The smallest absolute Gasteiger partial charge is 0.251 e. The van der Waals surface area contributed by atoms with Crippen LogP contribution in [0.4, 0.5) is 0 Å². The summed E-state index contributed by atoms with van der Waals surface area (Å²) in [4.78, 5) is 20.5. The predicted octanol–water partition coefficient (Wildman–Crippen LogP) is 4.03. The largest absolute Gasteiger partial charge is 0.353 e. The van der Waals surface area contributed by atoms with Gasteiger partial charge in [0.05, 0.1) is 17.9 Å². The Balaban J connectivity index is 1.54. The van der Waals surface area contributed by atoms with Gasteiger partial charge in [-0.3, -0.25) is 14.9 Å². The van der Waals surface area contributed by atoms with E-state index in [9.17, 15) is 4.79 Å². The van der Waals surface area contributed by atoms with E-state index in [1.807, 2.05) is 36.4 Å². The zero-order chi connectivity index (χ0) is 20.2. The summed E-state index contributed by atoms with van der Waals surface area (Å²) in [6.07, 6.45) is 2.65. The predicted molar refractivity (Wildman–Crippen MR) is 113 cm³/mol. The Hall–Kier alpha value is -3.41. The van der Waals surface area contributed by atoms with Crippen LogP contribution in [0.5, 0.6) is 0 Å². The number of nitrogens with zero attached hydrogens (tertiary/aromatic N) is 2. The van der Waals surface area contributed by atoms with Crippen LogP contribution in [0.25, 0.3) is 22.3 Å². The van der Waals surface area contributed by atoms with Crippen molar-refractivity contribution in [3.8, 4) is 11.4 Å². The maximum absolute atomic E-state index is 12.7. The molecule has 0 radical (unpaired) electrons. The first kappa shape index (κ1) is 17.7. The molecule has 4 aromatic rings. The highest BCUT2D eigenvalue weighted by Crippen LogP contribution is 2.46. The van der Waals surface area contributed by atoms with Crippen LogP contribution in [0.2, 0.25) is 0 Å². The minimum absolute atomic E-state index is 0.0573. The van der Waals surface area contributed by atoms with Gasteiger partial charge in [-0.05, 0) is 54.7 Å². The van der Waals surface area contributed by atoms with Crippen molar-refractivity contribution in [1.29, 1.82) is 0 Å². The fourth-order valence-corrected chi connectivity index (χ4v) is 4.40. The Morgan fingerprint density at radius 3 is 2.90 bits per heavy atom. The van der Waals surface area contributed by atoms with E-state index in [1.165, 1.54) is 11.1 Å². The Bertz CT molecular complexity index is 1230. The summed E-state index contributed by atoms with van der Waals surface area (Å²) in [5, 5.41) is 11.7. The summed E-state index contributed by atoms with van der Waals surface area (Å²) in [5.74, 6) is -0.0996. The average molecular weight is 385 g/mol. The van der Waals surface area contributed by atoms with E-state index in [1.54, 1.807) is 6.20 Å². The molecule has 1 amide bonds. The van der Waals surface area contributed by atoms with Crippen LogP contribution >= 0.6 is 0 Å². The van der Waals surface area contributed by atoms with Crippen LogP contribution in [0.15, 0.2) is 42.6 Å². The van der Waals surface area contributed by atoms with Crippen LogP contribution in [0, 0.1) is 6.92 Å². The van der Waals surface area contributed by atoms with E-state index >= 15 is 0 Å². The van der Waals surface area contributed by atoms with Gasteiger partial charge in [-0.15, -0.1) is 0 Å². The molecule has 1 aliphatic rings. The molecule has 0 bridgehead atoms. The molecule has 3 N–H and O–H groups in total. The minimum Gasteiger partial charge on any atom is -0.353 e. The second-order valence-electron chi connectivity index (χ2n) is 8.38. The zero-order valence-corrected chi connectivity index (χ0v) is 16.8. The molecule has 1 aromatic carbocycles. The zero-order valence-electron chi connectivity index (χ0n) is 16.8. The molecule has 0 saturated carbocycles. The van der Waals surface area contributed by atoms with Crippen LogP contribution in [-0.4, -0.2) is 26.1 Å². The molecule has 0 fully saturated rings. The summed E-state index contributed by atoms with van der Waals surface area (Å²) >= 11 is 0. The molecule has 0 atom stereocenters. The SMILES string of the molecule is Cc1[nH]nc2c1CC(C)(C)c1c-2[nH]c2ccc(C(=O)NCc3ccccn3)cc12. The lowest BCUT2D eigenvalue weighted by atomic mass is 9.73. The molecule has 3 aromatic heterocycles. The molecule has 3 heterocycles. The van der Waals surface area contributed by atoms with Gasteiger partial charge < -0.3 is 10.3 Å². The van der Waals surface area contributed by atoms with Crippen molar-refractivity contribution in [3.05, 3.63) is 70.7 Å². The third-order valence-corrected chi connectivity index (χ3v) is 5.82. The summed E-state index contributed by atoms with van der Waals surface area (Å²) in [6, 6.07) is 11.5. The highest BCUT2D eigenvalue weighted by atomic mass is 16.1. The van der Waals surface area contributed by atoms with Crippen molar-refractivity contribution < 1.29 is 4.79 Å². The second-order valence-corrected chi connectivity index (χ2v) is 8.38. The number of H-pyrrole nitrogens is 2. The minimum atomic E-state index is -0.0996. The Morgan fingerprint density at radius 2 is 2.10 bits per heavy atom. The molecule has 6 heteroatoms. The number of pyridine rings is 1. The third kappa shape index (κ3) is 2.83. The third-order valence-electron chi connectivity index (χ3n) is 5.82. The Morgan fingerprint density at radius 1 is 1.24 bits per heavy atom. The standard InChI is InChI=1S/C23H23N5O/c1-13-17-11-23(2,3)19-16-10-14(22(29)25-12-15-6-4-5-9-24-15)7-8-18(16)26-21(19)20(17)28-27-13/h4-10,26H,11-12H2,1-3H3,(H,25,29)(H,27,28). The van der Waals surface area contributed by atoms with Gasteiger partial charge in [0.1, 0.15) is 5.69 Å². The van der Waals surface area contributed by atoms with Crippen molar-refractivity contribution in [1.82, 2.24) is 25.5 Å². The first-order valence-electron chi connectivity index (χ1n) is 9.82. The number of hydrogen-bond donors (Lipinski definition) is 3. The Labute approximate surface area is 168 Å². The summed E-state index contributed by atoms with van der Waals surface area (Å²) < 4.78 is 0. The fraction of sp³-hybridized carbons (Fsp3) is 0.261. The van der Waals surface area contributed by atoms with E-state index in [-0.39, 0.29) is 11.3 Å². The first-order chi connectivity index (χ1) is 13.9. The number of amides is 1. The van der Waals surface area contributed by atoms with Crippen molar-refractivity contribution in [2.24, 2.45) is 0 Å². The van der Waals surface area contributed by atoms with Crippen molar-refractivity contribution in [2.45, 2.75) is 39.2 Å². The topological polar surface area (TPSA) is 86.5 Å². The maximum Gasteiger partial charge on any atom is 0.251 e. The number of aromatic nitrogens is 4. The molecule has 0 aliphatic heterocycles. The lowest BCUT2D eigenvalue weighted by Gasteiger charge is -2.30. The second kappa shape index (κ2) is 6.30. The molecular formula is C23H23N5O. The average Bonchev–Trinajstić information content (AvgIpc) is 3.27. The summed E-state index contributed by atoms with van der Waals surface area (Å²) in [7, 11) is 0. The molecule has 29 heavy (non-hydrogen) atoms. The van der Waals surface area contributed by atoms with Crippen LogP contribution < -0.4 is 5.32 Å². The number of hydrogen-bond acceptors (Lipinski definition) is 3. The van der Waals surface area contributed by atoms with Gasteiger partial charge in [0.25, 0.3) is 5.91 Å². The summed E-state index contributed by atoms with van der Waals surface area (Å²) in [5.41, 5.74) is 8.12. The van der Waals surface area contributed by atoms with E-state index < -0.39 is 0 Å². The van der Waals surface area contributed by atoms with Gasteiger partial charge in [-0.25, -0.2) is 0 Å². The molecular weight excluding hydrogens is 362 g/mol. The number of rotatable bonds is 3. The molecule has 0 saturated heterocycles. The molecule has 5 rings (SSSR count). The van der Waals surface area contributed by atoms with Gasteiger partial charge in [0.2, 0.25) is 0 Å². The molecule has 6 nitrogen and oxygen atoms in total. The molecule has 146 valence electrons. The number of carbonyl (C=O) groups is 1. The quantitative estimate of drug-likeness (QED) is 0.498. The highest BCUT2D eigenvalue weighted by molar-refractivity contribution is 6.01. The van der Waals surface area contributed by atoms with Gasteiger partial charge in [0.15, 0.2) is 0 Å². The number of aromatic amines is 2. The van der Waals surface area contributed by atoms with E-state index in [4.69, 9.17) is 0 Å². The van der Waals surface area contributed by atoms with Gasteiger partial charge in [0, 0.05) is 33.9 Å². The highest BCUT2D eigenvalue weighted by Gasteiger charge is 2.36. The number of aryl methyl sites for hydroxylation is 1. The normalized spacial score (nSPS) is 14.4. The fourth-order valence-electron chi connectivity index (χ4n) is 4.40. The van der Waals surface area contributed by atoms with Gasteiger partial charge in [-0.2, -0.15) is 5.10 Å². The maximum atomic E-state index is 12.7. The monoisotopic (exact) mass is 385 g/mol. The lowest BCUT2D eigenvalue weighted by Crippen LogP contribution is -2.25. The lowest BCUT2D eigenvalue weighted by molar-refractivity contribution is 0.0950. The number of benzene rings is 1. The van der Waals surface area contributed by atoms with Crippen molar-refractivity contribution >= 4 is 16.8 Å². The summed E-state index contributed by atoms with van der Waals surface area (Å²) in [6.45, 7) is 6.98. The van der Waals surface area contributed by atoms with Crippen molar-refractivity contribution in [3.63, 3.8) is 0 Å². The van der Waals surface area contributed by atoms with Crippen molar-refractivity contribution in [2.75, 3.05) is 0 Å². The Kier molecular flexibility index (Phi) is 3.84. The van der Waals surface area contributed by atoms with Crippen LogP contribution in [-0.2, 0) is 18.4 Å². The van der Waals surface area contributed by atoms with E-state index in [0.717, 1.165) is 40.1 Å². The number of fused-ring (bicyclic) bond motifs is 5. The van der Waals surface area contributed by atoms with E-state index in [2.05, 4.69) is 46.3 Å². The molecule has 1 aliphatic carbocycles. The number of nitrogens with one attached hydrogen (secondary N) is 3. The first-order valence-corrected chi connectivity index (χ1v) is 9.82. The number of carbonyl (C=O) groups excluding carboxylic acids is 1. The molecule has 0 unspecified atom stereocenters. The molecule has 0 spiro atoms. The van der Waals surface area contributed by atoms with Gasteiger partial charge in [-0.1, -0.05) is 19.9 Å². The van der Waals surface area contributed by atoms with Crippen LogP contribution in [0.3, 0.4) is 0 Å². The van der Waals surface area contributed by atoms with E-state index in [0.29, 0.717) is 12.1 Å².